The monoisotopic (exact) mass is 400 g/mol. The van der Waals surface area contributed by atoms with E-state index in [1.807, 2.05) is 19.9 Å². The molecule has 0 aliphatic rings. The highest BCUT2D eigenvalue weighted by Gasteiger charge is 2.23. The van der Waals surface area contributed by atoms with Crippen LogP contribution in [-0.2, 0) is 0 Å². The molecule has 6 heteroatoms. The minimum absolute atomic E-state index is 0.0988. The summed E-state index contributed by atoms with van der Waals surface area (Å²) in [7, 11) is 1.55. The van der Waals surface area contributed by atoms with Gasteiger partial charge in [0.25, 0.3) is 0 Å². The van der Waals surface area contributed by atoms with Crippen LogP contribution in [0.15, 0.2) is 33.3 Å². The molecule has 0 bridgehead atoms. The summed E-state index contributed by atoms with van der Waals surface area (Å²) in [5.74, 6) is 0.417. The molecule has 0 spiro atoms. The Morgan fingerprint density at radius 2 is 2.05 bits per heavy atom. The molecule has 2 aromatic rings. The highest BCUT2D eigenvalue weighted by molar-refractivity contribution is 9.10. The Bertz CT molecular complexity index is 651. The fourth-order valence-corrected chi connectivity index (χ4v) is 2.72. The molecule has 0 unspecified atom stereocenters. The summed E-state index contributed by atoms with van der Waals surface area (Å²) in [5, 5.41) is 4.23. The first-order chi connectivity index (χ1) is 9.45. The Morgan fingerprint density at radius 3 is 2.65 bits per heavy atom. The Balaban J connectivity index is 2.55. The van der Waals surface area contributed by atoms with E-state index in [4.69, 9.17) is 4.74 Å². The highest BCUT2D eigenvalue weighted by atomic mass is 79.9. The number of hydrogen-bond donors (Lipinski definition) is 0. The number of methoxy groups -OCH3 is 1. The second-order valence-electron chi connectivity index (χ2n) is 4.55. The van der Waals surface area contributed by atoms with Crippen molar-refractivity contribution in [2.45, 2.75) is 19.9 Å². The molecule has 106 valence electrons. The first-order valence-electron chi connectivity index (χ1n) is 6.07. The number of ketones is 1. The van der Waals surface area contributed by atoms with E-state index < -0.39 is 0 Å². The molecule has 1 aromatic carbocycles. The number of ether oxygens (including phenoxy) is 1. The third-order valence-electron chi connectivity index (χ3n) is 2.86. The van der Waals surface area contributed by atoms with Crippen molar-refractivity contribution in [3.05, 3.63) is 44.6 Å². The minimum atomic E-state index is -0.118. The number of carbonyl (C=O) groups is 1. The van der Waals surface area contributed by atoms with Crippen LogP contribution in [0.1, 0.15) is 35.9 Å². The fourth-order valence-electron chi connectivity index (χ4n) is 1.93. The topological polar surface area (TPSA) is 44.1 Å². The van der Waals surface area contributed by atoms with Gasteiger partial charge in [0.05, 0.1) is 23.3 Å². The molecule has 0 radical (unpaired) electrons. The summed E-state index contributed by atoms with van der Waals surface area (Å²) < 4.78 is 8.54. The van der Waals surface area contributed by atoms with Gasteiger partial charge in [-0.15, -0.1) is 0 Å². The average Bonchev–Trinajstić information content (AvgIpc) is 2.79. The zero-order chi connectivity index (χ0) is 14.9. The van der Waals surface area contributed by atoms with Crippen LogP contribution in [0.5, 0.6) is 5.75 Å². The number of benzene rings is 1. The molecule has 1 aromatic heterocycles. The van der Waals surface area contributed by atoms with Gasteiger partial charge < -0.3 is 4.74 Å². The van der Waals surface area contributed by atoms with E-state index in [1.54, 1.807) is 30.1 Å². The molecule has 0 N–H and O–H groups in total. The quantitative estimate of drug-likeness (QED) is 0.720. The number of nitrogens with zero attached hydrogens (tertiary/aromatic N) is 2. The van der Waals surface area contributed by atoms with Gasteiger partial charge in [-0.2, -0.15) is 5.10 Å². The Hall–Kier alpha value is -1.14. The van der Waals surface area contributed by atoms with Gasteiger partial charge in [-0.05, 0) is 48.0 Å². The fraction of sp³-hybridized carbons (Fsp3) is 0.286. The minimum Gasteiger partial charge on any atom is -0.496 e. The molecule has 20 heavy (non-hydrogen) atoms. The van der Waals surface area contributed by atoms with Gasteiger partial charge in [0.2, 0.25) is 5.78 Å². The van der Waals surface area contributed by atoms with Crippen LogP contribution < -0.4 is 4.74 Å². The van der Waals surface area contributed by atoms with Crippen LogP contribution in [0.3, 0.4) is 0 Å². The predicted molar refractivity (Wildman–Crippen MR) is 84.4 cm³/mol. The SMILES string of the molecule is COc1cc(Br)ccc1C(=O)c1c(Br)cnn1C(C)C. The lowest BCUT2D eigenvalue weighted by Gasteiger charge is -2.12. The van der Waals surface area contributed by atoms with Crippen molar-refractivity contribution < 1.29 is 9.53 Å². The maximum absolute atomic E-state index is 12.8. The molecule has 0 aliphatic heterocycles. The molecule has 4 nitrogen and oxygen atoms in total. The van der Waals surface area contributed by atoms with Gasteiger partial charge in [0, 0.05) is 10.5 Å². The first-order valence-corrected chi connectivity index (χ1v) is 7.65. The van der Waals surface area contributed by atoms with Crippen molar-refractivity contribution in [3.63, 3.8) is 0 Å². The van der Waals surface area contributed by atoms with E-state index in [0.717, 1.165) is 4.47 Å². The number of hydrogen-bond acceptors (Lipinski definition) is 3. The Labute approximate surface area is 134 Å². The predicted octanol–water partition coefficient (Wildman–Crippen LogP) is 4.23. The highest BCUT2D eigenvalue weighted by Crippen LogP contribution is 2.29. The van der Waals surface area contributed by atoms with Gasteiger partial charge in [0.15, 0.2) is 0 Å². The molecule has 2 rings (SSSR count). The number of aromatic nitrogens is 2. The number of halogens is 2. The molecule has 0 saturated heterocycles. The standard InChI is InChI=1S/C14H14Br2N2O2/c1-8(2)18-13(11(16)7-17-18)14(19)10-5-4-9(15)6-12(10)20-3/h4-8H,1-3H3. The van der Waals surface area contributed by atoms with Crippen molar-refractivity contribution in [2.24, 2.45) is 0 Å². The van der Waals surface area contributed by atoms with Crippen molar-refractivity contribution in [2.75, 3.05) is 7.11 Å². The summed E-state index contributed by atoms with van der Waals surface area (Å²) in [6.45, 7) is 3.96. The summed E-state index contributed by atoms with van der Waals surface area (Å²) >= 11 is 6.76. The van der Waals surface area contributed by atoms with Gasteiger partial charge in [-0.3, -0.25) is 9.48 Å². The van der Waals surface area contributed by atoms with E-state index >= 15 is 0 Å². The molecular formula is C14H14Br2N2O2. The van der Waals surface area contributed by atoms with Crippen molar-refractivity contribution in [1.82, 2.24) is 9.78 Å². The molecule has 0 saturated carbocycles. The van der Waals surface area contributed by atoms with Crippen LogP contribution in [0.2, 0.25) is 0 Å². The third-order valence-corrected chi connectivity index (χ3v) is 3.94. The van der Waals surface area contributed by atoms with E-state index in [2.05, 4.69) is 37.0 Å². The largest absolute Gasteiger partial charge is 0.496 e. The smallest absolute Gasteiger partial charge is 0.215 e. The molecule has 1 heterocycles. The maximum Gasteiger partial charge on any atom is 0.215 e. The van der Waals surface area contributed by atoms with Gasteiger partial charge >= 0.3 is 0 Å². The average molecular weight is 402 g/mol. The van der Waals surface area contributed by atoms with Gasteiger partial charge in [-0.1, -0.05) is 15.9 Å². The van der Waals surface area contributed by atoms with E-state index in [9.17, 15) is 4.79 Å². The normalized spacial score (nSPS) is 10.9. The van der Waals surface area contributed by atoms with Gasteiger partial charge in [-0.25, -0.2) is 0 Å². The van der Waals surface area contributed by atoms with Crippen LogP contribution in [0, 0.1) is 0 Å². The van der Waals surface area contributed by atoms with E-state index in [1.165, 1.54) is 0 Å². The first kappa shape index (κ1) is 15.3. The zero-order valence-electron chi connectivity index (χ0n) is 11.4. The number of carbonyl (C=O) groups excluding carboxylic acids is 1. The van der Waals surface area contributed by atoms with Gasteiger partial charge in [0.1, 0.15) is 11.4 Å². The molecule has 0 amide bonds. The van der Waals surface area contributed by atoms with E-state index in [0.29, 0.717) is 21.5 Å². The lowest BCUT2D eigenvalue weighted by molar-refractivity contribution is 0.102. The lowest BCUT2D eigenvalue weighted by atomic mass is 10.1. The Kier molecular flexibility index (Phi) is 4.65. The zero-order valence-corrected chi connectivity index (χ0v) is 14.5. The maximum atomic E-state index is 12.8. The van der Waals surface area contributed by atoms with Crippen molar-refractivity contribution in [1.29, 1.82) is 0 Å². The Morgan fingerprint density at radius 1 is 1.35 bits per heavy atom. The van der Waals surface area contributed by atoms with Crippen molar-refractivity contribution in [3.8, 4) is 5.75 Å². The van der Waals surface area contributed by atoms with Crippen molar-refractivity contribution >= 4 is 37.6 Å². The molecular weight excluding hydrogens is 388 g/mol. The summed E-state index contributed by atoms with van der Waals surface area (Å²) in [5.41, 5.74) is 1.04. The van der Waals surface area contributed by atoms with Crippen LogP contribution in [-0.4, -0.2) is 22.7 Å². The molecule has 0 aliphatic carbocycles. The molecule has 0 fully saturated rings. The lowest BCUT2D eigenvalue weighted by Crippen LogP contribution is -2.14. The molecule has 0 atom stereocenters. The summed E-state index contributed by atoms with van der Waals surface area (Å²) in [6.07, 6.45) is 1.64. The van der Waals surface area contributed by atoms with E-state index in [-0.39, 0.29) is 11.8 Å². The van der Waals surface area contributed by atoms with Crippen LogP contribution in [0.25, 0.3) is 0 Å². The second kappa shape index (κ2) is 6.10. The number of rotatable bonds is 4. The second-order valence-corrected chi connectivity index (χ2v) is 6.32. The van der Waals surface area contributed by atoms with Crippen LogP contribution in [0.4, 0.5) is 0 Å². The van der Waals surface area contributed by atoms with Crippen LogP contribution >= 0.6 is 31.9 Å². The summed E-state index contributed by atoms with van der Waals surface area (Å²) in [4.78, 5) is 12.8. The summed E-state index contributed by atoms with van der Waals surface area (Å²) in [6, 6.07) is 5.44. The third kappa shape index (κ3) is 2.81.